The number of amides is 1. The average Bonchev–Trinajstić information content (AvgIpc) is 3.35. The van der Waals surface area contributed by atoms with Crippen LogP contribution in [0.15, 0.2) is 34.7 Å². The molecule has 1 aliphatic rings. The molecule has 3 heterocycles. The highest BCUT2D eigenvalue weighted by atomic mass is 19.1. The highest BCUT2D eigenvalue weighted by Gasteiger charge is 2.24. The van der Waals surface area contributed by atoms with E-state index in [-0.39, 0.29) is 18.3 Å². The second-order valence-corrected chi connectivity index (χ2v) is 8.30. The van der Waals surface area contributed by atoms with Crippen molar-refractivity contribution in [3.63, 3.8) is 0 Å². The highest BCUT2D eigenvalue weighted by molar-refractivity contribution is 5.77. The lowest BCUT2D eigenvalue weighted by Gasteiger charge is -2.37. The van der Waals surface area contributed by atoms with Gasteiger partial charge in [0.25, 0.3) is 0 Å². The van der Waals surface area contributed by atoms with Crippen molar-refractivity contribution in [1.29, 1.82) is 0 Å². The molecule has 1 saturated heterocycles. The van der Waals surface area contributed by atoms with Crippen LogP contribution in [0.3, 0.4) is 0 Å². The molecule has 0 unspecified atom stereocenters. The first-order chi connectivity index (χ1) is 14.8. The molecule has 0 saturated carbocycles. The monoisotopic (exact) mass is 425 g/mol. The molecule has 1 fully saturated rings. The van der Waals surface area contributed by atoms with Crippen LogP contribution >= 0.6 is 0 Å². The van der Waals surface area contributed by atoms with E-state index in [9.17, 15) is 9.18 Å². The van der Waals surface area contributed by atoms with Crippen molar-refractivity contribution < 1.29 is 13.6 Å². The number of nitrogens with zero attached hydrogens (tertiary/aromatic N) is 5. The number of aryl methyl sites for hydroxylation is 1. The second kappa shape index (κ2) is 8.63. The van der Waals surface area contributed by atoms with Crippen LogP contribution in [0.4, 0.5) is 4.39 Å². The molecule has 0 spiro atoms. The van der Waals surface area contributed by atoms with Gasteiger partial charge in [-0.25, -0.2) is 4.39 Å². The minimum Gasteiger partial charge on any atom is -0.416 e. The second-order valence-electron chi connectivity index (χ2n) is 8.30. The van der Waals surface area contributed by atoms with Crippen LogP contribution < -0.4 is 0 Å². The van der Waals surface area contributed by atoms with E-state index >= 15 is 0 Å². The first-order valence-electron chi connectivity index (χ1n) is 10.6. The Morgan fingerprint density at radius 1 is 1.06 bits per heavy atom. The van der Waals surface area contributed by atoms with Gasteiger partial charge in [-0.15, -0.1) is 10.2 Å². The van der Waals surface area contributed by atoms with E-state index in [1.54, 1.807) is 12.1 Å². The van der Waals surface area contributed by atoms with E-state index in [0.717, 1.165) is 43.1 Å². The number of piperazine rings is 1. The summed E-state index contributed by atoms with van der Waals surface area (Å²) in [7, 11) is 0. The van der Waals surface area contributed by atoms with Crippen LogP contribution in [0.25, 0.3) is 22.9 Å². The summed E-state index contributed by atoms with van der Waals surface area (Å²) >= 11 is 0. The quantitative estimate of drug-likeness (QED) is 0.626. The Morgan fingerprint density at radius 3 is 2.35 bits per heavy atom. The van der Waals surface area contributed by atoms with Gasteiger partial charge in [-0.05, 0) is 58.0 Å². The molecule has 0 atom stereocenters. The molecule has 1 amide bonds. The molecule has 0 radical (unpaired) electrons. The summed E-state index contributed by atoms with van der Waals surface area (Å²) in [4.78, 5) is 17.2. The molecule has 31 heavy (non-hydrogen) atoms. The van der Waals surface area contributed by atoms with E-state index in [1.165, 1.54) is 12.1 Å². The van der Waals surface area contributed by atoms with Crippen molar-refractivity contribution in [3.8, 4) is 22.9 Å². The van der Waals surface area contributed by atoms with Crippen molar-refractivity contribution in [1.82, 2.24) is 24.6 Å². The van der Waals surface area contributed by atoms with Gasteiger partial charge in [0.1, 0.15) is 12.4 Å². The smallest absolute Gasteiger partial charge is 0.249 e. The van der Waals surface area contributed by atoms with E-state index in [2.05, 4.69) is 28.9 Å². The zero-order valence-corrected chi connectivity index (χ0v) is 18.4. The maximum absolute atomic E-state index is 13.2. The molecule has 0 aliphatic carbocycles. The molecule has 4 rings (SSSR count). The summed E-state index contributed by atoms with van der Waals surface area (Å²) in [5.74, 6) is 0.521. The summed E-state index contributed by atoms with van der Waals surface area (Å²) in [6, 6.07) is 8.39. The van der Waals surface area contributed by atoms with Crippen molar-refractivity contribution in [3.05, 3.63) is 47.5 Å². The van der Waals surface area contributed by atoms with Crippen molar-refractivity contribution in [2.45, 2.75) is 40.3 Å². The molecule has 0 N–H and O–H groups in total. The number of hydrogen-bond acceptors (Lipinski definition) is 5. The third-order valence-electron chi connectivity index (χ3n) is 6.01. The van der Waals surface area contributed by atoms with E-state index in [4.69, 9.17) is 4.42 Å². The van der Waals surface area contributed by atoms with Crippen molar-refractivity contribution in [2.75, 3.05) is 26.2 Å². The number of carbonyl (C=O) groups is 1. The first-order valence-corrected chi connectivity index (χ1v) is 10.6. The fourth-order valence-electron chi connectivity index (χ4n) is 4.03. The zero-order valence-electron chi connectivity index (χ0n) is 18.4. The summed E-state index contributed by atoms with van der Waals surface area (Å²) in [6.07, 6.45) is 0. The van der Waals surface area contributed by atoms with E-state index in [1.807, 2.05) is 29.4 Å². The molecular formula is C23H28FN5O2. The van der Waals surface area contributed by atoms with Crippen molar-refractivity contribution in [2.24, 2.45) is 0 Å². The fourth-order valence-corrected chi connectivity index (χ4v) is 4.03. The Morgan fingerprint density at radius 2 is 1.71 bits per heavy atom. The standard InChI is InChI=1S/C23H28FN5O2/c1-15(2)27-9-11-28(12-10-27)21(30)14-29-16(3)13-20(17(29)4)23-26-25-22(31-23)18-5-7-19(24)8-6-18/h5-8,13,15H,9-12,14H2,1-4H3. The van der Waals surface area contributed by atoms with Crippen molar-refractivity contribution >= 4 is 5.91 Å². The first kappa shape index (κ1) is 21.2. The maximum Gasteiger partial charge on any atom is 0.249 e. The lowest BCUT2D eigenvalue weighted by molar-refractivity contribution is -0.133. The molecular weight excluding hydrogens is 397 g/mol. The van der Waals surface area contributed by atoms with Crippen LogP contribution in [-0.2, 0) is 11.3 Å². The average molecular weight is 426 g/mol. The summed E-state index contributed by atoms with van der Waals surface area (Å²) < 4.78 is 21.0. The van der Waals surface area contributed by atoms with Gasteiger partial charge in [-0.3, -0.25) is 9.69 Å². The lowest BCUT2D eigenvalue weighted by Crippen LogP contribution is -2.51. The number of hydrogen-bond donors (Lipinski definition) is 0. The van der Waals surface area contributed by atoms with Crippen LogP contribution in [0, 0.1) is 19.7 Å². The van der Waals surface area contributed by atoms with Gasteiger partial charge in [0.15, 0.2) is 0 Å². The third kappa shape index (κ3) is 4.39. The molecule has 2 aromatic heterocycles. The summed E-state index contributed by atoms with van der Waals surface area (Å²) in [6.45, 7) is 11.9. The largest absolute Gasteiger partial charge is 0.416 e. The third-order valence-corrected chi connectivity index (χ3v) is 6.01. The summed E-state index contributed by atoms with van der Waals surface area (Å²) in [5, 5.41) is 8.27. The van der Waals surface area contributed by atoms with Gasteiger partial charge >= 0.3 is 0 Å². The minimum absolute atomic E-state index is 0.120. The van der Waals surface area contributed by atoms with E-state index < -0.39 is 0 Å². The Hall–Kier alpha value is -3.00. The van der Waals surface area contributed by atoms with Crippen LogP contribution in [0.5, 0.6) is 0 Å². The summed E-state index contributed by atoms with van der Waals surface area (Å²) in [5.41, 5.74) is 3.32. The number of carbonyl (C=O) groups excluding carboxylic acids is 1. The van der Waals surface area contributed by atoms with Gasteiger partial charge in [0.05, 0.1) is 5.56 Å². The number of halogens is 1. The van der Waals surface area contributed by atoms with E-state index in [0.29, 0.717) is 23.4 Å². The molecule has 1 aliphatic heterocycles. The fraction of sp³-hybridized carbons (Fsp3) is 0.435. The number of benzene rings is 1. The van der Waals surface area contributed by atoms with Gasteiger partial charge in [0, 0.05) is 49.2 Å². The number of aromatic nitrogens is 3. The molecule has 8 heteroatoms. The molecule has 3 aromatic rings. The SMILES string of the molecule is Cc1cc(-c2nnc(-c3ccc(F)cc3)o2)c(C)n1CC(=O)N1CCN(C(C)C)CC1. The molecule has 1 aromatic carbocycles. The minimum atomic E-state index is -0.317. The molecule has 164 valence electrons. The lowest BCUT2D eigenvalue weighted by atomic mass is 10.2. The Kier molecular flexibility index (Phi) is 5.91. The molecule has 7 nitrogen and oxygen atoms in total. The zero-order chi connectivity index (χ0) is 22.1. The van der Waals surface area contributed by atoms with Crippen LogP contribution in [-0.4, -0.2) is 62.7 Å². The van der Waals surface area contributed by atoms with Gasteiger partial charge < -0.3 is 13.9 Å². The normalized spacial score (nSPS) is 15.1. The Balaban J connectivity index is 1.49. The topological polar surface area (TPSA) is 67.4 Å². The predicted octanol–water partition coefficient (Wildman–Crippen LogP) is 3.51. The van der Waals surface area contributed by atoms with Gasteiger partial charge in [0.2, 0.25) is 17.7 Å². The van der Waals surface area contributed by atoms with Gasteiger partial charge in [-0.1, -0.05) is 0 Å². The van der Waals surface area contributed by atoms with Crippen LogP contribution in [0.2, 0.25) is 0 Å². The Labute approximate surface area is 181 Å². The van der Waals surface area contributed by atoms with Gasteiger partial charge in [-0.2, -0.15) is 0 Å². The Bertz CT molecular complexity index is 1060. The highest BCUT2D eigenvalue weighted by Crippen LogP contribution is 2.29. The van der Waals surface area contributed by atoms with Crippen LogP contribution in [0.1, 0.15) is 25.2 Å². The maximum atomic E-state index is 13.2. The number of rotatable bonds is 5. The molecule has 0 bridgehead atoms. The predicted molar refractivity (Wildman–Crippen MR) is 116 cm³/mol.